The number of rotatable bonds is 5. The van der Waals surface area contributed by atoms with Crippen molar-refractivity contribution in [2.24, 2.45) is 0 Å². The molecule has 3 aromatic rings. The van der Waals surface area contributed by atoms with Crippen LogP contribution in [0.5, 0.6) is 0 Å². The summed E-state index contributed by atoms with van der Waals surface area (Å²) in [4.78, 5) is 8.26. The second-order valence-corrected chi connectivity index (χ2v) is 6.42. The number of hydrogen-bond donors (Lipinski definition) is 3. The van der Waals surface area contributed by atoms with Gasteiger partial charge in [-0.1, -0.05) is 5.16 Å². The summed E-state index contributed by atoms with van der Waals surface area (Å²) in [5.74, 6) is 1.51. The zero-order valence-corrected chi connectivity index (χ0v) is 13.2. The quantitative estimate of drug-likeness (QED) is 0.620. The SMILES string of the molecule is CC(CO)(CO)n1nc(-c2cc(C3CC3)on2)c2c(N)ncnc21. The molecule has 9 nitrogen and oxygen atoms in total. The highest BCUT2D eigenvalue weighted by Crippen LogP contribution is 2.42. The van der Waals surface area contributed by atoms with Crippen molar-refractivity contribution < 1.29 is 14.7 Å². The lowest BCUT2D eigenvalue weighted by atomic mass is 10.1. The minimum Gasteiger partial charge on any atom is -0.394 e. The molecule has 1 saturated carbocycles. The molecule has 0 amide bonds. The Morgan fingerprint density at radius 2 is 2.08 bits per heavy atom. The van der Waals surface area contributed by atoms with Gasteiger partial charge in [-0.3, -0.25) is 0 Å². The predicted molar refractivity (Wildman–Crippen MR) is 85.0 cm³/mol. The van der Waals surface area contributed by atoms with Crippen LogP contribution in [-0.2, 0) is 5.54 Å². The molecule has 0 atom stereocenters. The Morgan fingerprint density at radius 3 is 2.75 bits per heavy atom. The van der Waals surface area contributed by atoms with E-state index in [1.165, 1.54) is 11.0 Å². The Kier molecular flexibility index (Phi) is 3.29. The molecule has 3 aromatic heterocycles. The predicted octanol–water partition coefficient (Wildman–Crippen LogP) is 0.641. The lowest BCUT2D eigenvalue weighted by molar-refractivity contribution is 0.0713. The first-order chi connectivity index (χ1) is 11.6. The van der Waals surface area contributed by atoms with E-state index in [-0.39, 0.29) is 19.0 Å². The van der Waals surface area contributed by atoms with Gasteiger partial charge in [0.15, 0.2) is 5.65 Å². The molecule has 4 N–H and O–H groups in total. The molecule has 0 saturated heterocycles. The van der Waals surface area contributed by atoms with Gasteiger partial charge in [0.05, 0.1) is 18.6 Å². The van der Waals surface area contributed by atoms with Crippen LogP contribution in [0.4, 0.5) is 5.82 Å². The monoisotopic (exact) mass is 330 g/mol. The number of anilines is 1. The van der Waals surface area contributed by atoms with Gasteiger partial charge in [0.25, 0.3) is 0 Å². The summed E-state index contributed by atoms with van der Waals surface area (Å²) < 4.78 is 6.87. The maximum atomic E-state index is 9.70. The summed E-state index contributed by atoms with van der Waals surface area (Å²) in [6, 6.07) is 1.85. The first-order valence-corrected chi connectivity index (χ1v) is 7.76. The van der Waals surface area contributed by atoms with Crippen LogP contribution in [0, 0.1) is 0 Å². The highest BCUT2D eigenvalue weighted by atomic mass is 16.5. The number of nitrogen functional groups attached to an aromatic ring is 1. The minimum atomic E-state index is -1.03. The van der Waals surface area contributed by atoms with Gasteiger partial charge in [0, 0.05) is 12.0 Å². The van der Waals surface area contributed by atoms with Gasteiger partial charge < -0.3 is 20.5 Å². The van der Waals surface area contributed by atoms with E-state index in [9.17, 15) is 10.2 Å². The second-order valence-electron chi connectivity index (χ2n) is 6.42. The molecule has 24 heavy (non-hydrogen) atoms. The highest BCUT2D eigenvalue weighted by Gasteiger charge is 2.33. The van der Waals surface area contributed by atoms with Crippen LogP contribution in [0.2, 0.25) is 0 Å². The number of aliphatic hydroxyl groups excluding tert-OH is 2. The molecule has 0 aliphatic heterocycles. The molecule has 0 bridgehead atoms. The average molecular weight is 330 g/mol. The Hall–Kier alpha value is -2.52. The molecule has 0 unspecified atom stereocenters. The molecule has 9 heteroatoms. The Labute approximate surface area is 137 Å². The van der Waals surface area contributed by atoms with Gasteiger partial charge in [-0.2, -0.15) is 5.10 Å². The number of fused-ring (bicyclic) bond motifs is 1. The Morgan fingerprint density at radius 1 is 1.33 bits per heavy atom. The van der Waals surface area contributed by atoms with Gasteiger partial charge >= 0.3 is 0 Å². The van der Waals surface area contributed by atoms with Crippen molar-refractivity contribution in [2.75, 3.05) is 18.9 Å². The second kappa shape index (κ2) is 5.25. The number of hydrogen-bond acceptors (Lipinski definition) is 8. The Bertz CT molecular complexity index is 894. The third-order valence-corrected chi connectivity index (χ3v) is 4.44. The molecule has 1 aliphatic rings. The van der Waals surface area contributed by atoms with E-state index in [1.54, 1.807) is 6.92 Å². The number of aromatic nitrogens is 5. The number of nitrogens with two attached hydrogens (primary N) is 1. The van der Waals surface area contributed by atoms with Crippen molar-refractivity contribution in [1.82, 2.24) is 24.9 Å². The van der Waals surface area contributed by atoms with Crippen molar-refractivity contribution in [3.8, 4) is 11.4 Å². The van der Waals surface area contributed by atoms with Crippen molar-refractivity contribution >= 4 is 16.9 Å². The zero-order valence-electron chi connectivity index (χ0n) is 13.2. The zero-order chi connectivity index (χ0) is 16.9. The van der Waals surface area contributed by atoms with E-state index in [0.717, 1.165) is 18.6 Å². The van der Waals surface area contributed by atoms with Crippen molar-refractivity contribution in [2.45, 2.75) is 31.2 Å². The number of aliphatic hydroxyl groups is 2. The van der Waals surface area contributed by atoms with E-state index in [0.29, 0.717) is 28.3 Å². The van der Waals surface area contributed by atoms with Gasteiger partial charge in [-0.05, 0) is 19.8 Å². The van der Waals surface area contributed by atoms with Gasteiger partial charge in [-0.15, -0.1) is 0 Å². The van der Waals surface area contributed by atoms with Crippen molar-refractivity contribution in [3.63, 3.8) is 0 Å². The van der Waals surface area contributed by atoms with E-state index in [1.807, 2.05) is 6.07 Å². The van der Waals surface area contributed by atoms with Crippen LogP contribution in [0.15, 0.2) is 16.9 Å². The lowest BCUT2D eigenvalue weighted by Gasteiger charge is -2.25. The van der Waals surface area contributed by atoms with E-state index >= 15 is 0 Å². The fourth-order valence-electron chi connectivity index (χ4n) is 2.68. The molecule has 126 valence electrons. The largest absolute Gasteiger partial charge is 0.394 e. The molecule has 1 fully saturated rings. The van der Waals surface area contributed by atoms with Crippen LogP contribution in [0.1, 0.15) is 31.4 Å². The van der Waals surface area contributed by atoms with Gasteiger partial charge in [0.2, 0.25) is 0 Å². The molecular weight excluding hydrogens is 312 g/mol. The average Bonchev–Trinajstić information content (AvgIpc) is 3.19. The van der Waals surface area contributed by atoms with Crippen molar-refractivity contribution in [3.05, 3.63) is 18.2 Å². The van der Waals surface area contributed by atoms with Crippen LogP contribution in [0.25, 0.3) is 22.4 Å². The molecule has 3 heterocycles. The summed E-state index contributed by atoms with van der Waals surface area (Å²) >= 11 is 0. The minimum absolute atomic E-state index is 0.260. The summed E-state index contributed by atoms with van der Waals surface area (Å²) in [7, 11) is 0. The van der Waals surface area contributed by atoms with E-state index in [4.69, 9.17) is 10.3 Å². The molecular formula is C15H18N6O3. The highest BCUT2D eigenvalue weighted by molar-refractivity contribution is 5.97. The summed E-state index contributed by atoms with van der Waals surface area (Å²) in [5, 5.41) is 28.6. The summed E-state index contributed by atoms with van der Waals surface area (Å²) in [6.07, 6.45) is 3.53. The molecule has 0 radical (unpaired) electrons. The van der Waals surface area contributed by atoms with Crippen molar-refractivity contribution in [1.29, 1.82) is 0 Å². The molecule has 1 aliphatic carbocycles. The van der Waals surface area contributed by atoms with Crippen LogP contribution in [-0.4, -0.2) is 48.3 Å². The van der Waals surface area contributed by atoms with E-state index in [2.05, 4.69) is 20.2 Å². The molecule has 0 aromatic carbocycles. The summed E-state index contributed by atoms with van der Waals surface area (Å²) in [6.45, 7) is 1.06. The van der Waals surface area contributed by atoms with Crippen LogP contribution < -0.4 is 5.73 Å². The smallest absolute Gasteiger partial charge is 0.164 e. The molecule has 0 spiro atoms. The standard InChI is InChI=1S/C15H18N6O3/c1-15(5-22,6-23)21-14-11(13(16)17-7-18-14)12(19-21)9-4-10(24-20-9)8-2-3-8/h4,7-8,22-23H,2-3,5-6H2,1H3,(H2,16,17,18). The number of nitrogens with zero attached hydrogens (tertiary/aromatic N) is 5. The fourth-order valence-corrected chi connectivity index (χ4v) is 2.68. The maximum absolute atomic E-state index is 9.70. The normalized spacial score (nSPS) is 15.3. The Balaban J connectivity index is 1.94. The fraction of sp³-hybridized carbons (Fsp3) is 0.467. The van der Waals surface area contributed by atoms with E-state index < -0.39 is 5.54 Å². The van der Waals surface area contributed by atoms with Crippen LogP contribution in [0.3, 0.4) is 0 Å². The topological polar surface area (TPSA) is 136 Å². The van der Waals surface area contributed by atoms with Gasteiger partial charge in [0.1, 0.15) is 34.8 Å². The first kappa shape index (κ1) is 15.0. The lowest BCUT2D eigenvalue weighted by Crippen LogP contribution is -2.39. The first-order valence-electron chi connectivity index (χ1n) is 7.76. The van der Waals surface area contributed by atoms with Crippen LogP contribution >= 0.6 is 0 Å². The van der Waals surface area contributed by atoms with Gasteiger partial charge in [-0.25, -0.2) is 14.6 Å². The third-order valence-electron chi connectivity index (χ3n) is 4.44. The summed E-state index contributed by atoms with van der Waals surface area (Å²) in [5.41, 5.74) is 6.45. The maximum Gasteiger partial charge on any atom is 0.164 e. The molecule has 4 rings (SSSR count). The third kappa shape index (κ3) is 2.16.